The second kappa shape index (κ2) is 5.89. The van der Waals surface area contributed by atoms with Gasteiger partial charge in [0.15, 0.2) is 0 Å². The van der Waals surface area contributed by atoms with Crippen LogP contribution in [0.1, 0.15) is 41.0 Å². The smallest absolute Gasteiger partial charge is 0.239 e. The summed E-state index contributed by atoms with van der Waals surface area (Å²) in [4.78, 5) is 13.6. The van der Waals surface area contributed by atoms with Crippen LogP contribution in [0.4, 0.5) is 0 Å². The van der Waals surface area contributed by atoms with E-state index in [4.69, 9.17) is 5.26 Å². The first kappa shape index (κ1) is 15.0. The predicted molar refractivity (Wildman–Crippen MR) is 65.7 cm³/mol. The largest absolute Gasteiger partial charge is 0.345 e. The lowest BCUT2D eigenvalue weighted by Crippen LogP contribution is -2.36. The minimum absolute atomic E-state index is 0.0539. The van der Waals surface area contributed by atoms with E-state index >= 15 is 0 Å². The van der Waals surface area contributed by atoms with Crippen molar-refractivity contribution in [2.75, 3.05) is 13.6 Å². The molecule has 1 unspecified atom stereocenters. The second-order valence-electron chi connectivity index (χ2n) is 5.92. The molecule has 0 aromatic rings. The van der Waals surface area contributed by atoms with E-state index in [1.165, 1.54) is 0 Å². The minimum Gasteiger partial charge on any atom is -0.345 e. The summed E-state index contributed by atoms with van der Waals surface area (Å²) in [5.74, 6) is -0.485. The van der Waals surface area contributed by atoms with Crippen molar-refractivity contribution >= 4 is 5.91 Å². The summed E-state index contributed by atoms with van der Waals surface area (Å²) >= 11 is 0. The first-order valence-corrected chi connectivity index (χ1v) is 5.83. The molecule has 3 nitrogen and oxygen atoms in total. The zero-order valence-electron chi connectivity index (χ0n) is 11.4. The van der Waals surface area contributed by atoms with Crippen molar-refractivity contribution in [1.29, 1.82) is 5.26 Å². The average Bonchev–Trinajstić information content (AvgIpc) is 2.13. The fraction of sp³-hybridized carbons (Fsp3) is 0.846. The van der Waals surface area contributed by atoms with Crippen LogP contribution in [0.3, 0.4) is 0 Å². The Balaban J connectivity index is 4.34. The van der Waals surface area contributed by atoms with Gasteiger partial charge in [0, 0.05) is 13.6 Å². The van der Waals surface area contributed by atoms with E-state index in [0.29, 0.717) is 6.54 Å². The van der Waals surface area contributed by atoms with E-state index in [0.717, 1.165) is 6.42 Å². The third-order valence-corrected chi connectivity index (χ3v) is 2.65. The molecule has 0 aliphatic carbocycles. The maximum atomic E-state index is 11.9. The molecule has 0 spiro atoms. The molecule has 0 heterocycles. The molecule has 0 saturated heterocycles. The number of hydrogen-bond donors (Lipinski definition) is 0. The molecule has 0 radical (unpaired) electrons. The molecule has 0 fully saturated rings. The molecule has 0 aliphatic heterocycles. The number of amides is 1. The van der Waals surface area contributed by atoms with E-state index in [2.05, 4.69) is 26.8 Å². The fourth-order valence-electron chi connectivity index (χ4n) is 1.34. The van der Waals surface area contributed by atoms with Gasteiger partial charge in [-0.25, -0.2) is 0 Å². The molecule has 1 atom stereocenters. The van der Waals surface area contributed by atoms with Crippen molar-refractivity contribution < 1.29 is 4.79 Å². The van der Waals surface area contributed by atoms with Crippen molar-refractivity contribution in [1.82, 2.24) is 4.90 Å². The van der Waals surface area contributed by atoms with Crippen LogP contribution in [-0.2, 0) is 4.79 Å². The zero-order valence-corrected chi connectivity index (χ0v) is 11.4. The number of nitriles is 1. The van der Waals surface area contributed by atoms with Crippen molar-refractivity contribution in [3.8, 4) is 6.07 Å². The van der Waals surface area contributed by atoms with Crippen LogP contribution in [0.25, 0.3) is 0 Å². The molecule has 1 amide bonds. The Hall–Kier alpha value is -1.04. The summed E-state index contributed by atoms with van der Waals surface area (Å²) < 4.78 is 0. The van der Waals surface area contributed by atoms with E-state index in [-0.39, 0.29) is 17.2 Å². The molecule has 0 bridgehead atoms. The lowest BCUT2D eigenvalue weighted by atomic mass is 9.91. The van der Waals surface area contributed by atoms with Crippen LogP contribution >= 0.6 is 0 Å². The predicted octanol–water partition coefficient (Wildman–Crippen LogP) is 2.68. The molecule has 0 aliphatic rings. The van der Waals surface area contributed by atoms with Crippen LogP contribution < -0.4 is 0 Å². The van der Waals surface area contributed by atoms with Gasteiger partial charge in [-0.2, -0.15) is 5.26 Å². The number of rotatable bonds is 4. The van der Waals surface area contributed by atoms with Crippen LogP contribution in [-0.4, -0.2) is 24.4 Å². The summed E-state index contributed by atoms with van der Waals surface area (Å²) in [7, 11) is 1.78. The Labute approximate surface area is 99.4 Å². The van der Waals surface area contributed by atoms with Gasteiger partial charge in [-0.1, -0.05) is 34.6 Å². The molecular formula is C13H24N2O. The number of carbonyl (C=O) groups is 1. The summed E-state index contributed by atoms with van der Waals surface area (Å²) in [6, 6.07) is 2.09. The van der Waals surface area contributed by atoms with Crippen LogP contribution in [0.5, 0.6) is 0 Å². The highest BCUT2D eigenvalue weighted by atomic mass is 16.2. The van der Waals surface area contributed by atoms with Crippen LogP contribution in [0, 0.1) is 28.6 Å². The Morgan fingerprint density at radius 2 is 1.88 bits per heavy atom. The van der Waals surface area contributed by atoms with Gasteiger partial charge in [-0.05, 0) is 17.8 Å². The Kier molecular flexibility index (Phi) is 5.50. The molecular weight excluding hydrogens is 200 g/mol. The van der Waals surface area contributed by atoms with Gasteiger partial charge < -0.3 is 4.90 Å². The monoisotopic (exact) mass is 224 g/mol. The topological polar surface area (TPSA) is 44.1 Å². The maximum Gasteiger partial charge on any atom is 0.239 e. The lowest BCUT2D eigenvalue weighted by Gasteiger charge is -2.26. The molecule has 0 rings (SSSR count). The Bertz CT molecular complexity index is 271. The molecule has 16 heavy (non-hydrogen) atoms. The number of hydrogen-bond acceptors (Lipinski definition) is 2. The van der Waals surface area contributed by atoms with Gasteiger partial charge >= 0.3 is 0 Å². The van der Waals surface area contributed by atoms with Crippen molar-refractivity contribution in [3.05, 3.63) is 0 Å². The van der Waals surface area contributed by atoms with Crippen LogP contribution in [0.2, 0.25) is 0 Å². The van der Waals surface area contributed by atoms with Gasteiger partial charge in [-0.3, -0.25) is 4.79 Å². The molecule has 0 saturated carbocycles. The normalized spacial score (nSPS) is 13.4. The second-order valence-corrected chi connectivity index (χ2v) is 5.92. The minimum atomic E-state index is -0.509. The summed E-state index contributed by atoms with van der Waals surface area (Å²) in [6.45, 7) is 11.0. The first-order chi connectivity index (χ1) is 7.19. The Morgan fingerprint density at radius 1 is 1.38 bits per heavy atom. The maximum absolute atomic E-state index is 11.9. The highest BCUT2D eigenvalue weighted by Crippen LogP contribution is 2.20. The van der Waals surface area contributed by atoms with Gasteiger partial charge in [0.05, 0.1) is 6.07 Å². The van der Waals surface area contributed by atoms with E-state index in [1.54, 1.807) is 11.9 Å². The molecule has 3 heteroatoms. The van der Waals surface area contributed by atoms with E-state index in [1.807, 2.05) is 13.8 Å². The number of nitrogens with zero attached hydrogens (tertiary/aromatic N) is 2. The standard InChI is InChI=1S/C13H24N2O/c1-10(2)11(9-14)12(16)15(6)8-7-13(3,4)5/h10-11H,7-8H2,1-6H3. The Morgan fingerprint density at radius 3 is 2.19 bits per heavy atom. The quantitative estimate of drug-likeness (QED) is 0.737. The lowest BCUT2D eigenvalue weighted by molar-refractivity contribution is -0.133. The van der Waals surface area contributed by atoms with Crippen molar-refractivity contribution in [2.45, 2.75) is 41.0 Å². The summed E-state index contributed by atoms with van der Waals surface area (Å²) in [5.41, 5.74) is 0.217. The highest BCUT2D eigenvalue weighted by Gasteiger charge is 2.25. The van der Waals surface area contributed by atoms with Crippen molar-refractivity contribution in [2.24, 2.45) is 17.3 Å². The SMILES string of the molecule is CC(C)C(C#N)C(=O)N(C)CCC(C)(C)C. The van der Waals surface area contributed by atoms with Gasteiger partial charge in [0.25, 0.3) is 0 Å². The molecule has 0 aromatic heterocycles. The van der Waals surface area contributed by atoms with E-state index in [9.17, 15) is 4.79 Å². The molecule has 0 aromatic carbocycles. The molecule has 92 valence electrons. The third kappa shape index (κ3) is 5.16. The summed E-state index contributed by atoms with van der Waals surface area (Å²) in [5, 5.41) is 8.95. The first-order valence-electron chi connectivity index (χ1n) is 5.83. The number of carbonyl (C=O) groups excluding carboxylic acids is 1. The fourth-order valence-corrected chi connectivity index (χ4v) is 1.34. The third-order valence-electron chi connectivity index (χ3n) is 2.65. The van der Waals surface area contributed by atoms with Crippen molar-refractivity contribution in [3.63, 3.8) is 0 Å². The highest BCUT2D eigenvalue weighted by molar-refractivity contribution is 5.81. The summed E-state index contributed by atoms with van der Waals surface area (Å²) in [6.07, 6.45) is 0.950. The van der Waals surface area contributed by atoms with Gasteiger partial charge in [0.1, 0.15) is 5.92 Å². The van der Waals surface area contributed by atoms with Crippen LogP contribution in [0.15, 0.2) is 0 Å². The van der Waals surface area contributed by atoms with Gasteiger partial charge in [0.2, 0.25) is 5.91 Å². The molecule has 0 N–H and O–H groups in total. The zero-order chi connectivity index (χ0) is 12.9. The average molecular weight is 224 g/mol. The van der Waals surface area contributed by atoms with Gasteiger partial charge in [-0.15, -0.1) is 0 Å². The van der Waals surface area contributed by atoms with E-state index < -0.39 is 5.92 Å².